The van der Waals surface area contributed by atoms with Gasteiger partial charge in [0.1, 0.15) is 0 Å². The summed E-state index contributed by atoms with van der Waals surface area (Å²) in [5, 5.41) is 6.39. The Morgan fingerprint density at radius 1 is 1.17 bits per heavy atom. The Hall–Kier alpha value is -1.10. The number of unbranched alkanes of at least 4 members (excludes halogenated alkanes) is 2. The Kier molecular flexibility index (Phi) is 7.86. The van der Waals surface area contributed by atoms with Gasteiger partial charge in [-0.15, -0.1) is 0 Å². The topological polar surface area (TPSA) is 61.4 Å². The van der Waals surface area contributed by atoms with E-state index in [1.165, 1.54) is 19.3 Å². The van der Waals surface area contributed by atoms with E-state index in [0.717, 1.165) is 58.4 Å². The van der Waals surface area contributed by atoms with E-state index in [9.17, 15) is 9.59 Å². The molecule has 0 aliphatic carbocycles. The molecule has 0 spiro atoms. The van der Waals surface area contributed by atoms with E-state index in [0.29, 0.717) is 12.3 Å². The zero-order valence-corrected chi connectivity index (χ0v) is 14.6. The highest BCUT2D eigenvalue weighted by molar-refractivity contribution is 5.80. The minimum Gasteiger partial charge on any atom is -0.356 e. The number of amides is 2. The van der Waals surface area contributed by atoms with Gasteiger partial charge in [0, 0.05) is 32.0 Å². The van der Waals surface area contributed by atoms with E-state index in [1.807, 2.05) is 4.90 Å². The molecule has 0 aromatic heterocycles. The van der Waals surface area contributed by atoms with E-state index in [2.05, 4.69) is 17.6 Å². The molecule has 2 fully saturated rings. The fourth-order valence-corrected chi connectivity index (χ4v) is 3.57. The summed E-state index contributed by atoms with van der Waals surface area (Å²) in [5.41, 5.74) is 0. The van der Waals surface area contributed by atoms with Gasteiger partial charge >= 0.3 is 0 Å². The van der Waals surface area contributed by atoms with Crippen LogP contribution < -0.4 is 10.6 Å². The third kappa shape index (κ3) is 6.13. The second kappa shape index (κ2) is 9.91. The lowest BCUT2D eigenvalue weighted by Gasteiger charge is -2.31. The summed E-state index contributed by atoms with van der Waals surface area (Å²) in [6, 6.07) is 0. The molecule has 2 amide bonds. The van der Waals surface area contributed by atoms with Gasteiger partial charge < -0.3 is 15.5 Å². The smallest absolute Gasteiger partial charge is 0.223 e. The van der Waals surface area contributed by atoms with Crippen molar-refractivity contribution in [2.24, 2.45) is 11.8 Å². The summed E-state index contributed by atoms with van der Waals surface area (Å²) in [6.45, 7) is 6.60. The number of carbonyl (C=O) groups is 2. The lowest BCUT2D eigenvalue weighted by atomic mass is 9.95. The number of likely N-dealkylation sites (tertiary alicyclic amines) is 1. The third-order valence-corrected chi connectivity index (χ3v) is 5.23. The summed E-state index contributed by atoms with van der Waals surface area (Å²) < 4.78 is 0. The average molecular weight is 323 g/mol. The summed E-state index contributed by atoms with van der Waals surface area (Å²) >= 11 is 0. The molecular formula is C18H33N3O2. The quantitative estimate of drug-likeness (QED) is 0.671. The molecule has 2 aliphatic heterocycles. The van der Waals surface area contributed by atoms with Gasteiger partial charge in [-0.2, -0.15) is 0 Å². The molecule has 5 heteroatoms. The van der Waals surface area contributed by atoms with Gasteiger partial charge in [-0.1, -0.05) is 19.8 Å². The van der Waals surface area contributed by atoms with Crippen LogP contribution in [-0.2, 0) is 9.59 Å². The van der Waals surface area contributed by atoms with Crippen molar-refractivity contribution in [3.63, 3.8) is 0 Å². The zero-order valence-electron chi connectivity index (χ0n) is 14.6. The second-order valence-electron chi connectivity index (χ2n) is 7.05. The second-order valence-corrected chi connectivity index (χ2v) is 7.05. The van der Waals surface area contributed by atoms with Crippen LogP contribution in [0.25, 0.3) is 0 Å². The molecule has 0 saturated carbocycles. The van der Waals surface area contributed by atoms with Crippen molar-refractivity contribution in [1.82, 2.24) is 15.5 Å². The standard InChI is InChI=1S/C18H33N3O2/c1-2-3-4-10-20-18(23)16-8-12-21(13-9-16)17(22)6-5-15-7-11-19-14-15/h15-16,19H,2-14H2,1H3,(H,20,23). The van der Waals surface area contributed by atoms with Crippen LogP contribution in [0.4, 0.5) is 0 Å². The molecule has 23 heavy (non-hydrogen) atoms. The highest BCUT2D eigenvalue weighted by Crippen LogP contribution is 2.20. The maximum absolute atomic E-state index is 12.3. The highest BCUT2D eigenvalue weighted by atomic mass is 16.2. The highest BCUT2D eigenvalue weighted by Gasteiger charge is 2.27. The Balaban J connectivity index is 1.60. The van der Waals surface area contributed by atoms with E-state index in [4.69, 9.17) is 0 Å². The number of rotatable bonds is 8. The van der Waals surface area contributed by atoms with E-state index in [-0.39, 0.29) is 17.7 Å². The van der Waals surface area contributed by atoms with E-state index >= 15 is 0 Å². The van der Waals surface area contributed by atoms with Gasteiger partial charge in [-0.3, -0.25) is 9.59 Å². The van der Waals surface area contributed by atoms with E-state index in [1.54, 1.807) is 0 Å². The Morgan fingerprint density at radius 3 is 2.61 bits per heavy atom. The van der Waals surface area contributed by atoms with Crippen LogP contribution in [0.1, 0.15) is 58.3 Å². The fourth-order valence-electron chi connectivity index (χ4n) is 3.57. The first-order chi connectivity index (χ1) is 11.2. The largest absolute Gasteiger partial charge is 0.356 e. The van der Waals surface area contributed by atoms with Crippen molar-refractivity contribution in [1.29, 1.82) is 0 Å². The third-order valence-electron chi connectivity index (χ3n) is 5.23. The summed E-state index contributed by atoms with van der Waals surface area (Å²) in [6.07, 6.45) is 7.91. The normalized spacial score (nSPS) is 22.3. The summed E-state index contributed by atoms with van der Waals surface area (Å²) in [4.78, 5) is 26.4. The molecule has 0 aromatic carbocycles. The maximum Gasteiger partial charge on any atom is 0.223 e. The van der Waals surface area contributed by atoms with Gasteiger partial charge in [-0.05, 0) is 51.1 Å². The molecule has 2 heterocycles. The zero-order chi connectivity index (χ0) is 16.5. The van der Waals surface area contributed by atoms with Crippen LogP contribution in [0.3, 0.4) is 0 Å². The van der Waals surface area contributed by atoms with Gasteiger partial charge in [-0.25, -0.2) is 0 Å². The molecule has 0 radical (unpaired) electrons. The predicted octanol–water partition coefficient (Wildman–Crippen LogP) is 1.92. The number of nitrogens with zero attached hydrogens (tertiary/aromatic N) is 1. The monoisotopic (exact) mass is 323 g/mol. The molecule has 2 aliphatic rings. The van der Waals surface area contributed by atoms with Crippen molar-refractivity contribution in [3.05, 3.63) is 0 Å². The molecule has 2 N–H and O–H groups in total. The number of piperidine rings is 1. The molecule has 2 saturated heterocycles. The average Bonchev–Trinajstić information content (AvgIpc) is 3.10. The first kappa shape index (κ1) is 18.2. The summed E-state index contributed by atoms with van der Waals surface area (Å²) in [5.74, 6) is 1.23. The van der Waals surface area contributed by atoms with Crippen LogP contribution in [0.15, 0.2) is 0 Å². The molecule has 1 unspecified atom stereocenters. The minimum atomic E-state index is 0.0970. The summed E-state index contributed by atoms with van der Waals surface area (Å²) in [7, 11) is 0. The van der Waals surface area contributed by atoms with Crippen molar-refractivity contribution in [2.45, 2.75) is 58.3 Å². The molecular weight excluding hydrogens is 290 g/mol. The van der Waals surface area contributed by atoms with Crippen molar-refractivity contribution in [2.75, 3.05) is 32.7 Å². The van der Waals surface area contributed by atoms with Gasteiger partial charge in [0.15, 0.2) is 0 Å². The minimum absolute atomic E-state index is 0.0970. The Morgan fingerprint density at radius 2 is 1.96 bits per heavy atom. The molecule has 132 valence electrons. The van der Waals surface area contributed by atoms with Gasteiger partial charge in [0.2, 0.25) is 11.8 Å². The number of carbonyl (C=O) groups excluding carboxylic acids is 2. The van der Waals surface area contributed by atoms with Crippen LogP contribution in [0.2, 0.25) is 0 Å². The molecule has 0 bridgehead atoms. The Labute approximate surface area is 140 Å². The molecule has 2 rings (SSSR count). The SMILES string of the molecule is CCCCCNC(=O)C1CCN(C(=O)CCC2CCNC2)CC1. The van der Waals surface area contributed by atoms with Crippen LogP contribution >= 0.6 is 0 Å². The van der Waals surface area contributed by atoms with Crippen molar-refractivity contribution in [3.8, 4) is 0 Å². The lowest BCUT2D eigenvalue weighted by Crippen LogP contribution is -2.43. The first-order valence-corrected chi connectivity index (χ1v) is 9.47. The first-order valence-electron chi connectivity index (χ1n) is 9.47. The van der Waals surface area contributed by atoms with Gasteiger partial charge in [0.25, 0.3) is 0 Å². The number of nitrogens with one attached hydrogen (secondary N) is 2. The predicted molar refractivity (Wildman–Crippen MR) is 92.0 cm³/mol. The molecule has 5 nitrogen and oxygen atoms in total. The lowest BCUT2D eigenvalue weighted by molar-refractivity contribution is -0.135. The van der Waals surface area contributed by atoms with Crippen molar-refractivity contribution < 1.29 is 9.59 Å². The molecule has 1 atom stereocenters. The van der Waals surface area contributed by atoms with Crippen LogP contribution in [-0.4, -0.2) is 49.4 Å². The van der Waals surface area contributed by atoms with Crippen LogP contribution in [0, 0.1) is 11.8 Å². The van der Waals surface area contributed by atoms with Crippen molar-refractivity contribution >= 4 is 11.8 Å². The number of hydrogen-bond acceptors (Lipinski definition) is 3. The fraction of sp³-hybridized carbons (Fsp3) is 0.889. The number of hydrogen-bond donors (Lipinski definition) is 2. The van der Waals surface area contributed by atoms with E-state index < -0.39 is 0 Å². The van der Waals surface area contributed by atoms with Gasteiger partial charge in [0.05, 0.1) is 0 Å². The van der Waals surface area contributed by atoms with Crippen LogP contribution in [0.5, 0.6) is 0 Å². The Bertz CT molecular complexity index is 372. The molecule has 0 aromatic rings. The maximum atomic E-state index is 12.3.